The van der Waals surface area contributed by atoms with Crippen molar-refractivity contribution >= 4 is 0 Å². The number of hydrogen-bond donors (Lipinski definition) is 0. The number of rotatable bonds is 3. The van der Waals surface area contributed by atoms with E-state index in [0.29, 0.717) is 17.9 Å². The molecule has 1 aliphatic rings. The molecule has 4 nitrogen and oxygen atoms in total. The summed E-state index contributed by atoms with van der Waals surface area (Å²) in [6.45, 7) is 2.05. The van der Waals surface area contributed by atoms with E-state index in [1.165, 1.54) is 0 Å². The van der Waals surface area contributed by atoms with Crippen LogP contribution >= 0.6 is 0 Å². The summed E-state index contributed by atoms with van der Waals surface area (Å²) in [5, 5.41) is 18.7. The highest BCUT2D eigenvalue weighted by Gasteiger charge is 2.34. The Balaban J connectivity index is 2.72. The van der Waals surface area contributed by atoms with Gasteiger partial charge in [-0.1, -0.05) is 6.92 Å². The van der Waals surface area contributed by atoms with Crippen LogP contribution in [-0.2, 0) is 12.8 Å². The van der Waals surface area contributed by atoms with E-state index in [9.17, 15) is 10.5 Å². The zero-order chi connectivity index (χ0) is 14.7. The second-order valence-electron chi connectivity index (χ2n) is 4.90. The molecule has 4 heteroatoms. The van der Waals surface area contributed by atoms with Crippen LogP contribution in [0, 0.1) is 28.6 Å². The third-order valence-corrected chi connectivity index (χ3v) is 4.00. The molecule has 0 N–H and O–H groups in total. The molecular weight excluding hydrogens is 252 g/mol. The monoisotopic (exact) mass is 270 g/mol. The lowest BCUT2D eigenvalue weighted by Crippen LogP contribution is -2.21. The van der Waals surface area contributed by atoms with E-state index in [2.05, 4.69) is 12.1 Å². The van der Waals surface area contributed by atoms with Crippen molar-refractivity contribution in [3.63, 3.8) is 0 Å². The maximum absolute atomic E-state index is 9.48. The summed E-state index contributed by atoms with van der Waals surface area (Å²) in [6, 6.07) is 6.51. The molecule has 2 rings (SSSR count). The highest BCUT2D eigenvalue weighted by atomic mass is 16.5. The molecule has 1 aromatic carbocycles. The quantitative estimate of drug-likeness (QED) is 0.847. The fraction of sp³-hybridized carbons (Fsp3) is 0.500. The summed E-state index contributed by atoms with van der Waals surface area (Å²) < 4.78 is 10.9. The maximum Gasteiger partial charge on any atom is 0.164 e. The van der Waals surface area contributed by atoms with Gasteiger partial charge in [-0.2, -0.15) is 10.5 Å². The zero-order valence-corrected chi connectivity index (χ0v) is 12.1. The minimum Gasteiger partial charge on any atom is -0.493 e. The third kappa shape index (κ3) is 2.08. The molecule has 104 valence electrons. The fourth-order valence-corrected chi connectivity index (χ4v) is 3.03. The number of fused-ring (bicyclic) bond motifs is 1. The first-order valence-corrected chi connectivity index (χ1v) is 6.77. The zero-order valence-electron chi connectivity index (χ0n) is 12.1. The van der Waals surface area contributed by atoms with Gasteiger partial charge in [0, 0.05) is 5.56 Å². The second-order valence-corrected chi connectivity index (χ2v) is 4.90. The van der Waals surface area contributed by atoms with E-state index in [-0.39, 0.29) is 11.8 Å². The normalized spacial score (nSPS) is 20.4. The molecule has 0 fully saturated rings. The largest absolute Gasteiger partial charge is 0.493 e. The van der Waals surface area contributed by atoms with Gasteiger partial charge in [0.05, 0.1) is 38.2 Å². The van der Waals surface area contributed by atoms with E-state index >= 15 is 0 Å². The molecule has 0 amide bonds. The van der Waals surface area contributed by atoms with Crippen LogP contribution in [0.1, 0.15) is 36.0 Å². The van der Waals surface area contributed by atoms with Crippen LogP contribution in [0.4, 0.5) is 0 Å². The smallest absolute Gasteiger partial charge is 0.164 e. The van der Waals surface area contributed by atoms with E-state index in [1.807, 2.05) is 13.0 Å². The average Bonchev–Trinajstić information content (AvgIpc) is 2.51. The molecule has 0 saturated carbocycles. The Hall–Kier alpha value is -2.20. The summed E-state index contributed by atoms with van der Waals surface area (Å²) in [7, 11) is 3.23. The van der Waals surface area contributed by atoms with Gasteiger partial charge in [0.2, 0.25) is 0 Å². The molecule has 0 spiro atoms. The van der Waals surface area contributed by atoms with Crippen molar-refractivity contribution in [1.29, 1.82) is 10.5 Å². The number of ether oxygens (including phenoxy) is 2. The van der Waals surface area contributed by atoms with Gasteiger partial charge in [-0.05, 0) is 36.5 Å². The van der Waals surface area contributed by atoms with Gasteiger partial charge in [-0.15, -0.1) is 0 Å². The van der Waals surface area contributed by atoms with Gasteiger partial charge in [0.15, 0.2) is 11.5 Å². The molecule has 0 heterocycles. The summed E-state index contributed by atoms with van der Waals surface area (Å²) in [5.74, 6) is 0.793. The van der Waals surface area contributed by atoms with Crippen molar-refractivity contribution in [1.82, 2.24) is 0 Å². The third-order valence-electron chi connectivity index (χ3n) is 4.00. The first kappa shape index (κ1) is 14.2. The Morgan fingerprint density at radius 1 is 1.25 bits per heavy atom. The average molecular weight is 270 g/mol. The Morgan fingerprint density at radius 2 is 2.00 bits per heavy atom. The lowest BCUT2D eigenvalue weighted by Gasteiger charge is -2.29. The topological polar surface area (TPSA) is 66.0 Å². The molecule has 1 aromatic rings. The maximum atomic E-state index is 9.48. The van der Waals surface area contributed by atoms with Gasteiger partial charge in [0.25, 0.3) is 0 Å². The first-order chi connectivity index (χ1) is 9.71. The highest BCUT2D eigenvalue weighted by Crippen LogP contribution is 2.45. The standard InChI is InChI=1S/C16H18N2O2/c1-4-10-7-14(19-2)16(20-3)12-6-5-11(8-17)13(9-18)15(10)12/h7,11,13H,4-6H2,1-3H3. The Bertz CT molecular complexity index is 596. The summed E-state index contributed by atoms with van der Waals surface area (Å²) in [5.41, 5.74) is 3.08. The molecule has 2 unspecified atom stereocenters. The molecule has 0 saturated heterocycles. The van der Waals surface area contributed by atoms with Crippen molar-refractivity contribution in [2.45, 2.75) is 32.1 Å². The van der Waals surface area contributed by atoms with Crippen LogP contribution in [0.25, 0.3) is 0 Å². The van der Waals surface area contributed by atoms with Gasteiger partial charge in [-0.3, -0.25) is 0 Å². The van der Waals surface area contributed by atoms with Crippen molar-refractivity contribution < 1.29 is 9.47 Å². The molecular formula is C16H18N2O2. The second kappa shape index (κ2) is 5.84. The van der Waals surface area contributed by atoms with Crippen LogP contribution in [-0.4, -0.2) is 14.2 Å². The lowest BCUT2D eigenvalue weighted by atomic mass is 9.73. The summed E-state index contributed by atoms with van der Waals surface area (Å²) in [4.78, 5) is 0. The summed E-state index contributed by atoms with van der Waals surface area (Å²) in [6.07, 6.45) is 2.24. The molecule has 20 heavy (non-hydrogen) atoms. The van der Waals surface area contributed by atoms with Crippen LogP contribution in [0.3, 0.4) is 0 Å². The Kier molecular flexibility index (Phi) is 4.15. The first-order valence-electron chi connectivity index (χ1n) is 6.77. The van der Waals surface area contributed by atoms with E-state index < -0.39 is 0 Å². The van der Waals surface area contributed by atoms with Crippen LogP contribution in [0.5, 0.6) is 11.5 Å². The number of hydrogen-bond acceptors (Lipinski definition) is 4. The number of methoxy groups -OCH3 is 2. The van der Waals surface area contributed by atoms with Crippen molar-refractivity contribution in [3.05, 3.63) is 22.8 Å². The van der Waals surface area contributed by atoms with Crippen molar-refractivity contribution in [2.75, 3.05) is 14.2 Å². The minimum atomic E-state index is -0.376. The predicted molar refractivity (Wildman–Crippen MR) is 74.7 cm³/mol. The minimum absolute atomic E-state index is 0.240. The Labute approximate surface area is 119 Å². The van der Waals surface area contributed by atoms with Crippen LogP contribution < -0.4 is 9.47 Å². The van der Waals surface area contributed by atoms with Crippen LogP contribution in [0.2, 0.25) is 0 Å². The number of nitrogens with zero attached hydrogens (tertiary/aromatic N) is 2. The number of aryl methyl sites for hydroxylation is 1. The molecule has 0 aliphatic heterocycles. The van der Waals surface area contributed by atoms with Crippen molar-refractivity contribution in [3.8, 4) is 23.6 Å². The molecule has 1 aliphatic carbocycles. The fourth-order valence-electron chi connectivity index (χ4n) is 3.03. The Morgan fingerprint density at radius 3 is 2.50 bits per heavy atom. The molecule has 0 radical (unpaired) electrons. The SMILES string of the molecule is CCc1cc(OC)c(OC)c2c1C(C#N)C(C#N)CC2. The van der Waals surface area contributed by atoms with Gasteiger partial charge in [-0.25, -0.2) is 0 Å². The van der Waals surface area contributed by atoms with E-state index in [4.69, 9.17) is 9.47 Å². The predicted octanol–water partition coefficient (Wildman–Crippen LogP) is 2.96. The molecule has 0 bridgehead atoms. The molecule has 2 atom stereocenters. The van der Waals surface area contributed by atoms with E-state index in [1.54, 1.807) is 14.2 Å². The van der Waals surface area contributed by atoms with Gasteiger partial charge < -0.3 is 9.47 Å². The van der Waals surface area contributed by atoms with Crippen LogP contribution in [0.15, 0.2) is 6.07 Å². The summed E-state index contributed by atoms with van der Waals surface area (Å²) >= 11 is 0. The number of benzene rings is 1. The van der Waals surface area contributed by atoms with Gasteiger partial charge >= 0.3 is 0 Å². The van der Waals surface area contributed by atoms with Gasteiger partial charge in [0.1, 0.15) is 0 Å². The highest BCUT2D eigenvalue weighted by molar-refractivity contribution is 5.58. The molecule has 0 aromatic heterocycles. The van der Waals surface area contributed by atoms with E-state index in [0.717, 1.165) is 29.5 Å². The van der Waals surface area contributed by atoms with Crippen molar-refractivity contribution in [2.24, 2.45) is 5.92 Å². The number of nitriles is 2. The lowest BCUT2D eigenvalue weighted by molar-refractivity contribution is 0.346.